The summed E-state index contributed by atoms with van der Waals surface area (Å²) < 4.78 is 36.8. The number of hydrogen-bond donors (Lipinski definition) is 0. The molecule has 4 nitrogen and oxygen atoms in total. The van der Waals surface area contributed by atoms with Gasteiger partial charge in [0.05, 0.1) is 5.97 Å². The van der Waals surface area contributed by atoms with Gasteiger partial charge in [-0.25, -0.2) is 4.98 Å². The van der Waals surface area contributed by atoms with Crippen LogP contribution in [0.4, 0.5) is 13.2 Å². The maximum absolute atomic E-state index is 12.3. The number of carboxylic acids is 1. The number of hydrogen-bond acceptors (Lipinski definition) is 4. The summed E-state index contributed by atoms with van der Waals surface area (Å²) in [5.41, 5.74) is -3.21. The number of nitriles is 1. The molecule has 0 aromatic carbocycles. The molecule has 0 aliphatic rings. The van der Waals surface area contributed by atoms with Gasteiger partial charge in [-0.05, 0) is 12.1 Å². The molecule has 15 heavy (non-hydrogen) atoms. The Labute approximate surface area is 81.6 Å². The molecule has 0 saturated carbocycles. The predicted octanol–water partition coefficient (Wildman–Crippen LogP) is 0.336. The molecule has 0 unspecified atom stereocenters. The number of rotatable bonds is 1. The third-order valence-corrected chi connectivity index (χ3v) is 1.50. The molecule has 0 spiro atoms. The Hall–Kier alpha value is -2.10. The van der Waals surface area contributed by atoms with Crippen molar-refractivity contribution >= 4 is 5.97 Å². The van der Waals surface area contributed by atoms with Crippen LogP contribution in [0.15, 0.2) is 12.1 Å². The zero-order valence-electron chi connectivity index (χ0n) is 7.00. The fourth-order valence-corrected chi connectivity index (χ4v) is 0.902. The average molecular weight is 215 g/mol. The summed E-state index contributed by atoms with van der Waals surface area (Å²) in [6, 6.07) is 2.90. The number of aromatic carboxylic acids is 1. The number of halogens is 3. The van der Waals surface area contributed by atoms with Gasteiger partial charge < -0.3 is 9.90 Å². The van der Waals surface area contributed by atoms with Gasteiger partial charge in [0.1, 0.15) is 11.8 Å². The molecule has 0 bridgehead atoms. The van der Waals surface area contributed by atoms with E-state index in [0.29, 0.717) is 6.07 Å². The van der Waals surface area contributed by atoms with Gasteiger partial charge in [0.15, 0.2) is 5.69 Å². The molecule has 1 rings (SSSR count). The van der Waals surface area contributed by atoms with Gasteiger partial charge in [-0.2, -0.15) is 18.4 Å². The number of nitrogens with zero attached hydrogens (tertiary/aromatic N) is 2. The van der Waals surface area contributed by atoms with Crippen molar-refractivity contribution in [2.45, 2.75) is 6.18 Å². The largest absolute Gasteiger partial charge is 0.545 e. The molecule has 0 aliphatic carbocycles. The number of pyridine rings is 1. The third-order valence-electron chi connectivity index (χ3n) is 1.50. The number of aromatic nitrogens is 1. The molecule has 0 aliphatic heterocycles. The smallest absolute Gasteiger partial charge is 0.434 e. The van der Waals surface area contributed by atoms with Crippen LogP contribution >= 0.6 is 0 Å². The summed E-state index contributed by atoms with van der Waals surface area (Å²) in [6.45, 7) is 0. The van der Waals surface area contributed by atoms with Crippen LogP contribution < -0.4 is 5.11 Å². The molecule has 0 radical (unpaired) electrons. The Morgan fingerprint density at radius 2 is 2.07 bits per heavy atom. The summed E-state index contributed by atoms with van der Waals surface area (Å²) >= 11 is 0. The van der Waals surface area contributed by atoms with Crippen molar-refractivity contribution in [3.8, 4) is 6.07 Å². The van der Waals surface area contributed by atoms with Gasteiger partial charge in [0.25, 0.3) is 0 Å². The van der Waals surface area contributed by atoms with Gasteiger partial charge >= 0.3 is 6.18 Å². The molecular formula is C8H2F3N2O2-. The molecule has 1 aromatic heterocycles. The molecule has 7 heteroatoms. The minimum Gasteiger partial charge on any atom is -0.545 e. The first-order chi connectivity index (χ1) is 6.86. The number of carbonyl (C=O) groups excluding carboxylic acids is 1. The Morgan fingerprint density at radius 1 is 1.47 bits per heavy atom. The fourth-order valence-electron chi connectivity index (χ4n) is 0.902. The first kappa shape index (κ1) is 11.0. The van der Waals surface area contributed by atoms with Gasteiger partial charge in [0, 0.05) is 5.56 Å². The van der Waals surface area contributed by atoms with E-state index < -0.39 is 29.1 Å². The average Bonchev–Trinajstić information content (AvgIpc) is 2.15. The standard InChI is InChI=1S/C8H3F3N2O2/c9-8(10,11)6-5(7(14)15)2-1-4(3-12)13-6/h1-2H,(H,14,15)/p-1. The van der Waals surface area contributed by atoms with E-state index in [0.717, 1.165) is 6.07 Å². The summed E-state index contributed by atoms with van der Waals surface area (Å²) in [6.07, 6.45) is -4.93. The lowest BCUT2D eigenvalue weighted by atomic mass is 10.1. The van der Waals surface area contributed by atoms with E-state index >= 15 is 0 Å². The second-order valence-corrected chi connectivity index (χ2v) is 2.49. The van der Waals surface area contributed by atoms with Crippen molar-refractivity contribution < 1.29 is 23.1 Å². The highest BCUT2D eigenvalue weighted by Gasteiger charge is 2.36. The Morgan fingerprint density at radius 3 is 2.47 bits per heavy atom. The summed E-state index contributed by atoms with van der Waals surface area (Å²) in [5, 5.41) is 18.6. The van der Waals surface area contributed by atoms with Gasteiger partial charge in [-0.15, -0.1) is 0 Å². The Balaban J connectivity index is 3.44. The highest BCUT2D eigenvalue weighted by Crippen LogP contribution is 2.30. The second-order valence-electron chi connectivity index (χ2n) is 2.49. The lowest BCUT2D eigenvalue weighted by molar-refractivity contribution is -0.255. The maximum Gasteiger partial charge on any atom is 0.434 e. The lowest BCUT2D eigenvalue weighted by Gasteiger charge is -2.11. The minimum absolute atomic E-state index is 0.507. The molecule has 78 valence electrons. The lowest BCUT2D eigenvalue weighted by Crippen LogP contribution is -2.27. The highest BCUT2D eigenvalue weighted by atomic mass is 19.4. The first-order valence-electron chi connectivity index (χ1n) is 3.56. The van der Waals surface area contributed by atoms with Gasteiger partial charge in [-0.3, -0.25) is 0 Å². The minimum atomic E-state index is -4.93. The summed E-state index contributed by atoms with van der Waals surface area (Å²) in [7, 11) is 0. The van der Waals surface area contributed by atoms with Crippen molar-refractivity contribution in [1.29, 1.82) is 5.26 Å². The molecule has 1 heterocycles. The van der Waals surface area contributed by atoms with E-state index in [2.05, 4.69) is 4.98 Å². The number of carbonyl (C=O) groups is 1. The molecule has 0 amide bonds. The van der Waals surface area contributed by atoms with Crippen molar-refractivity contribution in [3.63, 3.8) is 0 Å². The van der Waals surface area contributed by atoms with Crippen LogP contribution in [0.2, 0.25) is 0 Å². The topological polar surface area (TPSA) is 76.8 Å². The van der Waals surface area contributed by atoms with Crippen LogP contribution in [0.25, 0.3) is 0 Å². The SMILES string of the molecule is N#Cc1ccc(C(=O)[O-])c(C(F)(F)F)n1. The van der Waals surface area contributed by atoms with Crippen LogP contribution in [0.3, 0.4) is 0 Å². The van der Waals surface area contributed by atoms with E-state index in [1.165, 1.54) is 6.07 Å². The maximum atomic E-state index is 12.3. The van der Waals surface area contributed by atoms with Crippen molar-refractivity contribution in [2.75, 3.05) is 0 Å². The van der Waals surface area contributed by atoms with Gasteiger partial charge in [-0.1, -0.05) is 0 Å². The fraction of sp³-hybridized carbons (Fsp3) is 0.125. The van der Waals surface area contributed by atoms with Crippen LogP contribution in [-0.2, 0) is 6.18 Å². The normalized spacial score (nSPS) is 10.8. The highest BCUT2D eigenvalue weighted by molar-refractivity contribution is 5.87. The van der Waals surface area contributed by atoms with Crippen LogP contribution in [0.5, 0.6) is 0 Å². The van der Waals surface area contributed by atoms with E-state index in [1.54, 1.807) is 0 Å². The molecule has 1 aromatic rings. The summed E-state index contributed by atoms with van der Waals surface area (Å²) in [4.78, 5) is 13.2. The van der Waals surface area contributed by atoms with E-state index in [-0.39, 0.29) is 0 Å². The van der Waals surface area contributed by atoms with Gasteiger partial charge in [0.2, 0.25) is 0 Å². The Kier molecular flexibility index (Phi) is 2.61. The zero-order chi connectivity index (χ0) is 11.6. The van der Waals surface area contributed by atoms with Crippen molar-refractivity contribution in [1.82, 2.24) is 4.98 Å². The van der Waals surface area contributed by atoms with Crippen LogP contribution in [0, 0.1) is 11.3 Å². The molecule has 0 saturated heterocycles. The van der Waals surface area contributed by atoms with E-state index in [9.17, 15) is 23.1 Å². The van der Waals surface area contributed by atoms with E-state index in [4.69, 9.17) is 5.26 Å². The number of carboxylic acid groups (broad SMARTS) is 1. The molecule has 0 N–H and O–H groups in total. The Bertz CT molecular complexity index is 448. The number of alkyl halides is 3. The van der Waals surface area contributed by atoms with Crippen LogP contribution in [-0.4, -0.2) is 11.0 Å². The monoisotopic (exact) mass is 215 g/mol. The molecular weight excluding hydrogens is 213 g/mol. The quantitative estimate of drug-likeness (QED) is 0.676. The zero-order valence-corrected chi connectivity index (χ0v) is 7.00. The van der Waals surface area contributed by atoms with Crippen molar-refractivity contribution in [2.24, 2.45) is 0 Å². The third kappa shape index (κ3) is 2.22. The van der Waals surface area contributed by atoms with E-state index in [1.807, 2.05) is 0 Å². The van der Waals surface area contributed by atoms with Crippen LogP contribution in [0.1, 0.15) is 21.7 Å². The molecule has 0 fully saturated rings. The second kappa shape index (κ2) is 3.57. The predicted molar refractivity (Wildman–Crippen MR) is 38.3 cm³/mol. The first-order valence-corrected chi connectivity index (χ1v) is 3.56. The molecule has 0 atom stereocenters. The summed E-state index contributed by atoms with van der Waals surface area (Å²) in [5.74, 6) is -1.99. The van der Waals surface area contributed by atoms with Crippen molar-refractivity contribution in [3.05, 3.63) is 29.1 Å².